The molecule has 0 aliphatic rings. The summed E-state index contributed by atoms with van der Waals surface area (Å²) in [5.74, 6) is 0. The van der Waals surface area contributed by atoms with Gasteiger partial charge in [0.1, 0.15) is 5.69 Å². The normalized spacial score (nSPS) is 11.5. The van der Waals surface area contributed by atoms with Crippen LogP contribution in [0.3, 0.4) is 0 Å². The van der Waals surface area contributed by atoms with Gasteiger partial charge in [0, 0.05) is 17.4 Å². The van der Waals surface area contributed by atoms with Gasteiger partial charge in [0.15, 0.2) is 0 Å². The molecule has 0 aliphatic heterocycles. The van der Waals surface area contributed by atoms with Crippen molar-refractivity contribution in [1.29, 1.82) is 0 Å². The highest BCUT2D eigenvalue weighted by molar-refractivity contribution is 7.92. The van der Waals surface area contributed by atoms with E-state index in [2.05, 4.69) is 15.4 Å². The van der Waals surface area contributed by atoms with E-state index in [1.165, 1.54) is 48.5 Å². The number of para-hydroxylation sites is 2. The van der Waals surface area contributed by atoms with E-state index in [1.54, 1.807) is 0 Å². The van der Waals surface area contributed by atoms with Gasteiger partial charge in [-0.15, -0.1) is 0 Å². The van der Waals surface area contributed by atoms with Crippen LogP contribution < -0.4 is 15.4 Å². The maximum atomic E-state index is 12.8. The Hall–Kier alpha value is -4.13. The number of nitro benzene ring substituents is 1. The Balaban J connectivity index is 1.68. The minimum absolute atomic E-state index is 0.0227. The highest BCUT2D eigenvalue weighted by Crippen LogP contribution is 2.31. The summed E-state index contributed by atoms with van der Waals surface area (Å²) in [6, 6.07) is 13.3. The molecule has 0 bridgehead atoms. The lowest BCUT2D eigenvalue weighted by atomic mass is 10.2. The second-order valence-electron chi connectivity index (χ2n) is 6.56. The van der Waals surface area contributed by atoms with Crippen molar-refractivity contribution in [2.75, 3.05) is 15.4 Å². The summed E-state index contributed by atoms with van der Waals surface area (Å²) < 4.78 is 65.5. The minimum Gasteiger partial charge on any atom is -0.308 e. The minimum atomic E-state index is -4.69. The van der Waals surface area contributed by atoms with Gasteiger partial charge in [-0.1, -0.05) is 18.2 Å². The molecule has 9 nitrogen and oxygen atoms in total. The first kappa shape index (κ1) is 23.5. The molecule has 0 radical (unpaired) electrons. The molecule has 3 rings (SSSR count). The number of carbonyl (C=O) groups excluding carboxylic acids is 1. The molecule has 3 aromatic carbocycles. The SMILES string of the molecule is O=C(Nc1ccc(NS(=O)(=O)c2cccc(C(F)(F)F)c2)cc1)Nc1ccccc1[N+](=O)[O-]. The Bertz CT molecular complexity index is 1300. The zero-order valence-corrected chi connectivity index (χ0v) is 17.3. The number of carbonyl (C=O) groups is 1. The Morgan fingerprint density at radius 3 is 2.15 bits per heavy atom. The maximum Gasteiger partial charge on any atom is 0.416 e. The number of sulfonamides is 1. The molecule has 3 aromatic rings. The second kappa shape index (κ2) is 9.16. The van der Waals surface area contributed by atoms with Crippen LogP contribution in [0.15, 0.2) is 77.7 Å². The zero-order chi connectivity index (χ0) is 24.2. The average molecular weight is 480 g/mol. The van der Waals surface area contributed by atoms with Gasteiger partial charge in [0.25, 0.3) is 15.7 Å². The summed E-state index contributed by atoms with van der Waals surface area (Å²) in [5, 5.41) is 15.8. The van der Waals surface area contributed by atoms with E-state index in [0.717, 1.165) is 18.2 Å². The van der Waals surface area contributed by atoms with Crippen LogP contribution in [-0.4, -0.2) is 19.4 Å². The van der Waals surface area contributed by atoms with Crippen LogP contribution >= 0.6 is 0 Å². The van der Waals surface area contributed by atoms with Crippen LogP contribution in [0.2, 0.25) is 0 Å². The number of benzene rings is 3. The van der Waals surface area contributed by atoms with Gasteiger partial charge >= 0.3 is 12.2 Å². The summed E-state index contributed by atoms with van der Waals surface area (Å²) >= 11 is 0. The van der Waals surface area contributed by atoms with Gasteiger partial charge in [-0.05, 0) is 48.5 Å². The van der Waals surface area contributed by atoms with Crippen LogP contribution in [0, 0.1) is 10.1 Å². The Kier molecular flexibility index (Phi) is 6.53. The van der Waals surface area contributed by atoms with Gasteiger partial charge in [0.2, 0.25) is 0 Å². The van der Waals surface area contributed by atoms with Crippen molar-refractivity contribution in [2.24, 2.45) is 0 Å². The number of halogens is 3. The molecule has 0 atom stereocenters. The monoisotopic (exact) mass is 480 g/mol. The molecular weight excluding hydrogens is 465 g/mol. The van der Waals surface area contributed by atoms with Crippen LogP contribution in [0.25, 0.3) is 0 Å². The molecule has 13 heteroatoms. The van der Waals surface area contributed by atoms with Crippen LogP contribution in [-0.2, 0) is 16.2 Å². The van der Waals surface area contributed by atoms with Crippen LogP contribution in [0.5, 0.6) is 0 Å². The third-order valence-electron chi connectivity index (χ3n) is 4.22. The van der Waals surface area contributed by atoms with E-state index >= 15 is 0 Å². The lowest BCUT2D eigenvalue weighted by Gasteiger charge is -2.12. The second-order valence-corrected chi connectivity index (χ2v) is 8.24. The number of anilines is 3. The van der Waals surface area contributed by atoms with Crippen molar-refractivity contribution in [2.45, 2.75) is 11.1 Å². The Morgan fingerprint density at radius 2 is 1.52 bits per heavy atom. The average Bonchev–Trinajstić information content (AvgIpc) is 2.74. The Morgan fingerprint density at radius 1 is 0.879 bits per heavy atom. The molecule has 0 aromatic heterocycles. The number of urea groups is 1. The number of rotatable bonds is 6. The first-order chi connectivity index (χ1) is 15.5. The lowest BCUT2D eigenvalue weighted by Crippen LogP contribution is -2.20. The van der Waals surface area contributed by atoms with E-state index in [0.29, 0.717) is 6.07 Å². The molecular formula is C20H15F3N4O5S. The quantitative estimate of drug-likeness (QED) is 0.335. The number of nitro groups is 1. The topological polar surface area (TPSA) is 130 Å². The van der Waals surface area contributed by atoms with Gasteiger partial charge in [0.05, 0.1) is 15.4 Å². The molecule has 0 unspecified atom stereocenters. The molecule has 3 N–H and O–H groups in total. The number of alkyl halides is 3. The fourth-order valence-electron chi connectivity index (χ4n) is 2.70. The largest absolute Gasteiger partial charge is 0.416 e. The van der Waals surface area contributed by atoms with E-state index in [-0.39, 0.29) is 22.7 Å². The van der Waals surface area contributed by atoms with Gasteiger partial charge in [-0.3, -0.25) is 14.8 Å². The van der Waals surface area contributed by atoms with E-state index < -0.39 is 37.6 Å². The summed E-state index contributed by atoms with van der Waals surface area (Å²) in [4.78, 5) is 21.9. The summed E-state index contributed by atoms with van der Waals surface area (Å²) in [7, 11) is -4.30. The molecule has 2 amide bonds. The molecule has 0 heterocycles. The number of nitrogens with zero attached hydrogens (tertiary/aromatic N) is 1. The smallest absolute Gasteiger partial charge is 0.308 e. The first-order valence-corrected chi connectivity index (χ1v) is 10.6. The third kappa shape index (κ3) is 5.98. The summed E-state index contributed by atoms with van der Waals surface area (Å²) in [6.07, 6.45) is -4.69. The summed E-state index contributed by atoms with van der Waals surface area (Å²) in [5.41, 5.74) is -1.16. The molecule has 172 valence electrons. The number of amides is 2. The van der Waals surface area contributed by atoms with Crippen LogP contribution in [0.1, 0.15) is 5.56 Å². The lowest BCUT2D eigenvalue weighted by molar-refractivity contribution is -0.383. The first-order valence-electron chi connectivity index (χ1n) is 9.07. The van der Waals surface area contributed by atoms with Crippen molar-refractivity contribution >= 4 is 38.8 Å². The zero-order valence-electron chi connectivity index (χ0n) is 16.5. The van der Waals surface area contributed by atoms with Crippen molar-refractivity contribution in [3.63, 3.8) is 0 Å². The predicted molar refractivity (Wildman–Crippen MR) is 114 cm³/mol. The highest BCUT2D eigenvalue weighted by Gasteiger charge is 2.31. The van der Waals surface area contributed by atoms with Gasteiger partial charge < -0.3 is 10.6 Å². The maximum absolute atomic E-state index is 12.8. The predicted octanol–water partition coefficient (Wildman–Crippen LogP) is 5.06. The molecule has 0 saturated heterocycles. The number of hydrogen-bond acceptors (Lipinski definition) is 5. The number of hydrogen-bond donors (Lipinski definition) is 3. The van der Waals surface area contributed by atoms with E-state index in [9.17, 15) is 36.5 Å². The molecule has 0 spiro atoms. The molecule has 0 saturated carbocycles. The summed E-state index contributed by atoms with van der Waals surface area (Å²) in [6.45, 7) is 0. The van der Waals surface area contributed by atoms with Crippen molar-refractivity contribution in [3.8, 4) is 0 Å². The molecule has 0 fully saturated rings. The highest BCUT2D eigenvalue weighted by atomic mass is 32.2. The van der Waals surface area contributed by atoms with E-state index in [1.807, 2.05) is 0 Å². The van der Waals surface area contributed by atoms with Gasteiger partial charge in [-0.2, -0.15) is 13.2 Å². The molecule has 0 aliphatic carbocycles. The van der Waals surface area contributed by atoms with Crippen molar-refractivity contribution in [1.82, 2.24) is 0 Å². The van der Waals surface area contributed by atoms with Gasteiger partial charge in [-0.25, -0.2) is 13.2 Å². The van der Waals surface area contributed by atoms with Crippen molar-refractivity contribution in [3.05, 3.63) is 88.5 Å². The van der Waals surface area contributed by atoms with E-state index in [4.69, 9.17) is 0 Å². The Labute approximate surface area is 185 Å². The fraction of sp³-hybridized carbons (Fsp3) is 0.0500. The third-order valence-corrected chi connectivity index (χ3v) is 5.59. The standard InChI is InChI=1S/C20H15F3N4O5S/c21-20(22,23)13-4-3-5-16(12-13)33(31,32)26-15-10-8-14(9-11-15)24-19(28)25-17-6-1-2-7-18(17)27(29)30/h1-12,26H,(H2,24,25,28). The van der Waals surface area contributed by atoms with Crippen molar-refractivity contribution < 1.29 is 31.3 Å². The molecule has 33 heavy (non-hydrogen) atoms. The fourth-order valence-corrected chi connectivity index (χ4v) is 3.80. The number of nitrogens with one attached hydrogen (secondary N) is 3. The van der Waals surface area contributed by atoms with Crippen LogP contribution in [0.4, 0.5) is 40.7 Å².